The molecular formula is C15H15BrFNO2. The summed E-state index contributed by atoms with van der Waals surface area (Å²) in [5.41, 5.74) is 6.40. The number of para-hydroxylation sites is 1. The molecular weight excluding hydrogens is 325 g/mol. The van der Waals surface area contributed by atoms with Gasteiger partial charge in [-0.05, 0) is 46.6 Å². The van der Waals surface area contributed by atoms with E-state index in [4.69, 9.17) is 15.2 Å². The van der Waals surface area contributed by atoms with E-state index < -0.39 is 0 Å². The van der Waals surface area contributed by atoms with Gasteiger partial charge in [-0.3, -0.25) is 0 Å². The van der Waals surface area contributed by atoms with Crippen LogP contribution in [-0.2, 0) is 0 Å². The summed E-state index contributed by atoms with van der Waals surface area (Å²) in [5, 5.41) is 0. The van der Waals surface area contributed by atoms with Crippen LogP contribution in [0.15, 0.2) is 40.9 Å². The van der Waals surface area contributed by atoms with E-state index in [0.29, 0.717) is 34.0 Å². The van der Waals surface area contributed by atoms with E-state index in [2.05, 4.69) is 15.9 Å². The summed E-state index contributed by atoms with van der Waals surface area (Å²) < 4.78 is 25.1. The van der Waals surface area contributed by atoms with E-state index >= 15 is 0 Å². The van der Waals surface area contributed by atoms with Crippen molar-refractivity contribution in [3.05, 3.63) is 46.7 Å². The van der Waals surface area contributed by atoms with E-state index in [1.807, 2.05) is 6.92 Å². The van der Waals surface area contributed by atoms with Gasteiger partial charge in [0.05, 0.1) is 11.1 Å². The predicted octanol–water partition coefficient (Wildman–Crippen LogP) is 4.75. The summed E-state index contributed by atoms with van der Waals surface area (Å²) in [6.07, 6.45) is 0.889. The van der Waals surface area contributed by atoms with Gasteiger partial charge in [-0.2, -0.15) is 0 Å². The molecule has 0 spiro atoms. The maximum atomic E-state index is 13.2. The Bertz CT molecular complexity index is 604. The van der Waals surface area contributed by atoms with Crippen LogP contribution in [0.2, 0.25) is 0 Å². The maximum Gasteiger partial charge on any atom is 0.154 e. The molecule has 2 aromatic rings. The quantitative estimate of drug-likeness (QED) is 0.799. The number of halogens is 2. The molecule has 0 aliphatic carbocycles. The molecule has 2 rings (SSSR count). The largest absolute Gasteiger partial charge is 0.491 e. The van der Waals surface area contributed by atoms with Gasteiger partial charge in [-0.25, -0.2) is 4.39 Å². The lowest BCUT2D eigenvalue weighted by molar-refractivity contribution is 0.318. The topological polar surface area (TPSA) is 44.5 Å². The SMILES string of the molecule is CCCOc1cccc(Oc2cc(F)ccc2Br)c1N. The summed E-state index contributed by atoms with van der Waals surface area (Å²) in [5.74, 6) is 0.992. The maximum absolute atomic E-state index is 13.2. The Morgan fingerprint density at radius 1 is 1.15 bits per heavy atom. The molecule has 0 aliphatic rings. The minimum atomic E-state index is -0.375. The van der Waals surface area contributed by atoms with Gasteiger partial charge in [-0.1, -0.05) is 13.0 Å². The molecule has 5 heteroatoms. The Hall–Kier alpha value is -1.75. The van der Waals surface area contributed by atoms with Crippen LogP contribution in [0.4, 0.5) is 10.1 Å². The average molecular weight is 340 g/mol. The fourth-order valence-corrected chi connectivity index (χ4v) is 1.95. The Kier molecular flexibility index (Phi) is 4.84. The first-order valence-electron chi connectivity index (χ1n) is 6.26. The van der Waals surface area contributed by atoms with E-state index in [1.165, 1.54) is 12.1 Å². The Balaban J connectivity index is 2.27. The van der Waals surface area contributed by atoms with E-state index in [0.717, 1.165) is 6.42 Å². The monoisotopic (exact) mass is 339 g/mol. The van der Waals surface area contributed by atoms with Crippen molar-refractivity contribution in [2.45, 2.75) is 13.3 Å². The number of ether oxygens (including phenoxy) is 2. The van der Waals surface area contributed by atoms with Crippen LogP contribution in [-0.4, -0.2) is 6.61 Å². The highest BCUT2D eigenvalue weighted by Crippen LogP contribution is 2.37. The van der Waals surface area contributed by atoms with Crippen molar-refractivity contribution in [2.75, 3.05) is 12.3 Å². The highest BCUT2D eigenvalue weighted by atomic mass is 79.9. The van der Waals surface area contributed by atoms with Crippen molar-refractivity contribution in [3.63, 3.8) is 0 Å². The third-order valence-corrected chi connectivity index (χ3v) is 3.26. The third kappa shape index (κ3) is 3.42. The smallest absolute Gasteiger partial charge is 0.154 e. The second kappa shape index (κ2) is 6.61. The van der Waals surface area contributed by atoms with Gasteiger partial charge in [0.25, 0.3) is 0 Å². The summed E-state index contributed by atoms with van der Waals surface area (Å²) in [7, 11) is 0. The van der Waals surface area contributed by atoms with Gasteiger partial charge < -0.3 is 15.2 Å². The van der Waals surface area contributed by atoms with Crippen molar-refractivity contribution in [2.24, 2.45) is 0 Å². The second-order valence-electron chi connectivity index (χ2n) is 4.19. The van der Waals surface area contributed by atoms with Crippen molar-refractivity contribution in [1.29, 1.82) is 0 Å². The second-order valence-corrected chi connectivity index (χ2v) is 5.05. The van der Waals surface area contributed by atoms with Gasteiger partial charge in [0.15, 0.2) is 5.75 Å². The summed E-state index contributed by atoms with van der Waals surface area (Å²) in [4.78, 5) is 0. The van der Waals surface area contributed by atoms with Crippen molar-refractivity contribution >= 4 is 21.6 Å². The first-order valence-corrected chi connectivity index (χ1v) is 7.05. The Labute approximate surface area is 125 Å². The van der Waals surface area contributed by atoms with Crippen molar-refractivity contribution in [3.8, 4) is 17.2 Å². The number of rotatable bonds is 5. The number of hydrogen-bond donors (Lipinski definition) is 1. The fraction of sp³-hybridized carbons (Fsp3) is 0.200. The first kappa shape index (κ1) is 14.7. The number of hydrogen-bond acceptors (Lipinski definition) is 3. The molecule has 0 heterocycles. The summed E-state index contributed by atoms with van der Waals surface area (Å²) in [6, 6.07) is 9.50. The zero-order valence-electron chi connectivity index (χ0n) is 11.0. The molecule has 0 bridgehead atoms. The number of nitrogen functional groups attached to an aromatic ring is 1. The van der Waals surface area contributed by atoms with Gasteiger partial charge in [-0.15, -0.1) is 0 Å². The van der Waals surface area contributed by atoms with Crippen LogP contribution in [0.3, 0.4) is 0 Å². The van der Waals surface area contributed by atoms with Gasteiger partial charge in [0, 0.05) is 6.07 Å². The molecule has 20 heavy (non-hydrogen) atoms. The van der Waals surface area contributed by atoms with E-state index in [1.54, 1.807) is 24.3 Å². The van der Waals surface area contributed by atoms with Gasteiger partial charge in [0.2, 0.25) is 0 Å². The average Bonchev–Trinajstić information content (AvgIpc) is 2.44. The van der Waals surface area contributed by atoms with Gasteiger partial charge >= 0.3 is 0 Å². The molecule has 106 valence electrons. The minimum Gasteiger partial charge on any atom is -0.491 e. The molecule has 0 fully saturated rings. The molecule has 2 N–H and O–H groups in total. The van der Waals surface area contributed by atoms with Crippen molar-refractivity contribution < 1.29 is 13.9 Å². The molecule has 2 aromatic carbocycles. The Morgan fingerprint density at radius 3 is 2.65 bits per heavy atom. The van der Waals surface area contributed by atoms with Crippen LogP contribution in [0.5, 0.6) is 17.2 Å². The molecule has 0 unspecified atom stereocenters. The first-order chi connectivity index (χ1) is 9.61. The van der Waals surface area contributed by atoms with E-state index in [9.17, 15) is 4.39 Å². The molecule has 0 radical (unpaired) electrons. The highest BCUT2D eigenvalue weighted by Gasteiger charge is 2.10. The zero-order chi connectivity index (χ0) is 14.5. The van der Waals surface area contributed by atoms with E-state index in [-0.39, 0.29) is 5.82 Å². The molecule has 0 saturated heterocycles. The third-order valence-electron chi connectivity index (χ3n) is 2.60. The molecule has 0 aliphatic heterocycles. The number of nitrogens with two attached hydrogens (primary N) is 1. The normalized spacial score (nSPS) is 10.3. The van der Waals surface area contributed by atoms with Crippen LogP contribution in [0, 0.1) is 5.82 Å². The van der Waals surface area contributed by atoms with Crippen LogP contribution < -0.4 is 15.2 Å². The molecule has 0 saturated carbocycles. The number of benzene rings is 2. The van der Waals surface area contributed by atoms with Crippen LogP contribution in [0.25, 0.3) is 0 Å². The molecule has 0 atom stereocenters. The molecule has 0 amide bonds. The molecule has 3 nitrogen and oxygen atoms in total. The van der Waals surface area contributed by atoms with Gasteiger partial charge in [0.1, 0.15) is 23.0 Å². The minimum absolute atomic E-state index is 0.365. The summed E-state index contributed by atoms with van der Waals surface area (Å²) >= 11 is 3.31. The standard InChI is InChI=1S/C15H15BrFNO2/c1-2-8-19-12-4-3-5-13(15(12)18)20-14-9-10(17)6-7-11(14)16/h3-7,9H,2,8,18H2,1H3. The predicted molar refractivity (Wildman–Crippen MR) is 80.8 cm³/mol. The summed E-state index contributed by atoms with van der Waals surface area (Å²) in [6.45, 7) is 2.59. The lowest BCUT2D eigenvalue weighted by Crippen LogP contribution is -2.00. The zero-order valence-corrected chi connectivity index (χ0v) is 12.6. The lowest BCUT2D eigenvalue weighted by atomic mass is 10.2. The lowest BCUT2D eigenvalue weighted by Gasteiger charge is -2.13. The number of anilines is 1. The molecule has 0 aromatic heterocycles. The fourth-order valence-electron chi connectivity index (χ4n) is 1.62. The van der Waals surface area contributed by atoms with Crippen LogP contribution in [0.1, 0.15) is 13.3 Å². The van der Waals surface area contributed by atoms with Crippen LogP contribution >= 0.6 is 15.9 Å². The Morgan fingerprint density at radius 2 is 1.90 bits per heavy atom. The highest BCUT2D eigenvalue weighted by molar-refractivity contribution is 9.10. The van der Waals surface area contributed by atoms with Crippen molar-refractivity contribution in [1.82, 2.24) is 0 Å².